The molecule has 104 valence electrons. The van der Waals surface area contributed by atoms with E-state index in [4.69, 9.17) is 0 Å². The molecule has 19 heavy (non-hydrogen) atoms. The van der Waals surface area contributed by atoms with Gasteiger partial charge in [0.2, 0.25) is 5.91 Å². The van der Waals surface area contributed by atoms with E-state index in [0.717, 1.165) is 15.7 Å². The molecule has 0 aliphatic rings. The summed E-state index contributed by atoms with van der Waals surface area (Å²) in [4.78, 5) is 23.0. The Balaban J connectivity index is 2.64. The number of hydrogen-bond donors (Lipinski definition) is 3. The van der Waals surface area contributed by atoms with Gasteiger partial charge in [0, 0.05) is 16.7 Å². The average Bonchev–Trinajstić information content (AvgIpc) is 2.35. The molecule has 1 aromatic rings. The van der Waals surface area contributed by atoms with Crippen molar-refractivity contribution in [1.82, 2.24) is 10.6 Å². The van der Waals surface area contributed by atoms with Crippen LogP contribution in [0.3, 0.4) is 0 Å². The van der Waals surface area contributed by atoms with Gasteiger partial charge in [-0.25, -0.2) is 4.79 Å². The van der Waals surface area contributed by atoms with Gasteiger partial charge in [-0.3, -0.25) is 10.1 Å². The van der Waals surface area contributed by atoms with E-state index in [1.54, 1.807) is 13.8 Å². The molecule has 0 heterocycles. The van der Waals surface area contributed by atoms with Crippen LogP contribution in [0.4, 0.5) is 10.5 Å². The number of anilines is 1. The van der Waals surface area contributed by atoms with Crippen LogP contribution in [0.25, 0.3) is 0 Å². The van der Waals surface area contributed by atoms with Crippen molar-refractivity contribution in [3.63, 3.8) is 0 Å². The number of amides is 3. The van der Waals surface area contributed by atoms with Gasteiger partial charge in [-0.1, -0.05) is 12.1 Å². The van der Waals surface area contributed by atoms with Gasteiger partial charge >= 0.3 is 6.03 Å². The van der Waals surface area contributed by atoms with E-state index in [1.807, 2.05) is 25.1 Å². The second-order valence-electron chi connectivity index (χ2n) is 4.15. The fourth-order valence-electron chi connectivity index (χ4n) is 1.48. The maximum Gasteiger partial charge on any atom is 0.321 e. The highest BCUT2D eigenvalue weighted by Crippen LogP contribution is 2.26. The molecule has 6 heteroatoms. The van der Waals surface area contributed by atoms with Crippen LogP contribution in [0.2, 0.25) is 0 Å². The Morgan fingerprint density at radius 2 is 2.05 bits per heavy atom. The first-order valence-corrected chi connectivity index (χ1v) is 6.85. The first-order valence-electron chi connectivity index (χ1n) is 6.06. The summed E-state index contributed by atoms with van der Waals surface area (Å²) in [5.74, 6) is -0.376. The highest BCUT2D eigenvalue weighted by Gasteiger charge is 2.16. The van der Waals surface area contributed by atoms with Crippen LogP contribution in [0, 0.1) is 6.92 Å². The predicted octanol–water partition coefficient (Wildman–Crippen LogP) is 2.40. The van der Waals surface area contributed by atoms with Crippen molar-refractivity contribution in [3.05, 3.63) is 28.2 Å². The minimum absolute atomic E-state index is 0.376. The number of carbonyl (C=O) groups is 2. The summed E-state index contributed by atoms with van der Waals surface area (Å²) >= 11 is 3.46. The van der Waals surface area contributed by atoms with E-state index in [2.05, 4.69) is 31.9 Å². The third-order valence-corrected chi connectivity index (χ3v) is 3.58. The topological polar surface area (TPSA) is 70.2 Å². The molecule has 0 spiro atoms. The summed E-state index contributed by atoms with van der Waals surface area (Å²) in [7, 11) is 0. The second kappa shape index (κ2) is 7.13. The normalized spacial score (nSPS) is 11.6. The molecule has 0 saturated carbocycles. The van der Waals surface area contributed by atoms with Gasteiger partial charge in [-0.05, 0) is 48.3 Å². The zero-order valence-corrected chi connectivity index (χ0v) is 12.8. The Morgan fingerprint density at radius 1 is 1.37 bits per heavy atom. The fraction of sp³-hybridized carbons (Fsp3) is 0.385. The summed E-state index contributed by atoms with van der Waals surface area (Å²) in [5, 5.41) is 7.84. The number of hydrogen-bond acceptors (Lipinski definition) is 3. The van der Waals surface area contributed by atoms with Gasteiger partial charge in [0.25, 0.3) is 0 Å². The Kier molecular flexibility index (Phi) is 5.82. The van der Waals surface area contributed by atoms with E-state index in [9.17, 15) is 9.59 Å². The van der Waals surface area contributed by atoms with Crippen LogP contribution >= 0.6 is 15.9 Å². The van der Waals surface area contributed by atoms with Gasteiger partial charge < -0.3 is 10.6 Å². The predicted molar refractivity (Wildman–Crippen MR) is 79.2 cm³/mol. The summed E-state index contributed by atoms with van der Waals surface area (Å²) in [6.45, 7) is 5.93. The van der Waals surface area contributed by atoms with E-state index in [0.29, 0.717) is 6.54 Å². The minimum atomic E-state index is -0.513. The van der Waals surface area contributed by atoms with Crippen LogP contribution in [0.15, 0.2) is 22.7 Å². The second-order valence-corrected chi connectivity index (χ2v) is 4.94. The highest BCUT2D eigenvalue weighted by molar-refractivity contribution is 9.10. The van der Waals surface area contributed by atoms with E-state index in [1.165, 1.54) is 0 Å². The SMILES string of the molecule is CCNC(=O)NC(=O)C(C)Nc1cccc(C)c1Br. The molecule has 1 rings (SSSR count). The molecule has 1 unspecified atom stereocenters. The summed E-state index contributed by atoms with van der Waals surface area (Å²) in [6.07, 6.45) is 0. The smallest absolute Gasteiger partial charge is 0.321 e. The van der Waals surface area contributed by atoms with E-state index in [-0.39, 0.29) is 5.91 Å². The Morgan fingerprint density at radius 3 is 2.68 bits per heavy atom. The van der Waals surface area contributed by atoms with Crippen molar-refractivity contribution in [2.45, 2.75) is 26.8 Å². The maximum absolute atomic E-state index is 11.8. The van der Waals surface area contributed by atoms with Crippen molar-refractivity contribution >= 4 is 33.6 Å². The molecule has 0 saturated heterocycles. The number of rotatable bonds is 4. The van der Waals surface area contributed by atoms with Crippen LogP contribution < -0.4 is 16.0 Å². The lowest BCUT2D eigenvalue weighted by molar-refractivity contribution is -0.120. The molecule has 3 N–H and O–H groups in total. The molecule has 0 radical (unpaired) electrons. The molecule has 5 nitrogen and oxygen atoms in total. The number of imide groups is 1. The minimum Gasteiger partial charge on any atom is -0.373 e. The fourth-order valence-corrected chi connectivity index (χ4v) is 1.86. The Bertz CT molecular complexity index is 477. The Labute approximate surface area is 121 Å². The van der Waals surface area contributed by atoms with Gasteiger partial charge in [-0.2, -0.15) is 0 Å². The van der Waals surface area contributed by atoms with Crippen LogP contribution in [-0.2, 0) is 4.79 Å². The van der Waals surface area contributed by atoms with E-state index < -0.39 is 12.1 Å². The molecule has 1 atom stereocenters. The number of carbonyl (C=O) groups excluding carboxylic acids is 2. The van der Waals surface area contributed by atoms with Crippen LogP contribution in [0.5, 0.6) is 0 Å². The molecular weight excluding hydrogens is 310 g/mol. The molecule has 0 bridgehead atoms. The summed E-state index contributed by atoms with van der Waals surface area (Å²) in [6, 6.07) is 4.74. The van der Waals surface area contributed by atoms with Gasteiger partial charge in [0.15, 0.2) is 0 Å². The quantitative estimate of drug-likeness (QED) is 0.795. The molecular formula is C13H18BrN3O2. The first kappa shape index (κ1) is 15.5. The van der Waals surface area contributed by atoms with Crippen molar-refractivity contribution in [2.24, 2.45) is 0 Å². The Hall–Kier alpha value is -1.56. The average molecular weight is 328 g/mol. The zero-order valence-electron chi connectivity index (χ0n) is 11.2. The number of urea groups is 1. The molecule has 3 amide bonds. The standard InChI is InChI=1S/C13H18BrN3O2/c1-4-15-13(19)17-12(18)9(3)16-10-7-5-6-8(2)11(10)14/h5-7,9,16H,4H2,1-3H3,(H2,15,17,18,19). The first-order chi connectivity index (χ1) is 8.95. The van der Waals surface area contributed by atoms with Gasteiger partial charge in [-0.15, -0.1) is 0 Å². The maximum atomic E-state index is 11.8. The monoisotopic (exact) mass is 327 g/mol. The number of halogens is 1. The largest absolute Gasteiger partial charge is 0.373 e. The molecule has 0 fully saturated rings. The summed E-state index contributed by atoms with van der Waals surface area (Å²) < 4.78 is 0.910. The van der Waals surface area contributed by atoms with Crippen LogP contribution in [0.1, 0.15) is 19.4 Å². The van der Waals surface area contributed by atoms with Gasteiger partial charge in [0.1, 0.15) is 6.04 Å². The van der Waals surface area contributed by atoms with Crippen molar-refractivity contribution in [3.8, 4) is 0 Å². The number of aryl methyl sites for hydroxylation is 1. The zero-order chi connectivity index (χ0) is 14.4. The van der Waals surface area contributed by atoms with Crippen molar-refractivity contribution in [2.75, 3.05) is 11.9 Å². The molecule has 0 aliphatic heterocycles. The lowest BCUT2D eigenvalue weighted by atomic mass is 10.2. The lowest BCUT2D eigenvalue weighted by Crippen LogP contribution is -2.45. The number of benzene rings is 1. The van der Waals surface area contributed by atoms with Crippen molar-refractivity contribution in [1.29, 1.82) is 0 Å². The molecule has 0 aliphatic carbocycles. The number of nitrogens with one attached hydrogen (secondary N) is 3. The third kappa shape index (κ3) is 4.55. The lowest BCUT2D eigenvalue weighted by Gasteiger charge is -2.16. The molecule has 1 aromatic carbocycles. The van der Waals surface area contributed by atoms with E-state index >= 15 is 0 Å². The third-order valence-electron chi connectivity index (χ3n) is 2.53. The van der Waals surface area contributed by atoms with Crippen molar-refractivity contribution < 1.29 is 9.59 Å². The molecule has 0 aromatic heterocycles. The van der Waals surface area contributed by atoms with Crippen LogP contribution in [-0.4, -0.2) is 24.5 Å². The summed E-state index contributed by atoms with van der Waals surface area (Å²) in [5.41, 5.74) is 1.89. The highest BCUT2D eigenvalue weighted by atomic mass is 79.9. The van der Waals surface area contributed by atoms with Gasteiger partial charge in [0.05, 0.1) is 0 Å².